The van der Waals surface area contributed by atoms with Gasteiger partial charge in [-0.1, -0.05) is 43.0 Å². The maximum Gasteiger partial charge on any atom is 0.231 e. The highest BCUT2D eigenvalue weighted by molar-refractivity contribution is 7.14. The summed E-state index contributed by atoms with van der Waals surface area (Å²) in [5.41, 5.74) is 1.91. The maximum atomic E-state index is 13.3. The van der Waals surface area contributed by atoms with Crippen molar-refractivity contribution in [3.05, 3.63) is 34.7 Å². The molecule has 0 radical (unpaired) electrons. The molecule has 1 aliphatic carbocycles. The predicted octanol–water partition coefficient (Wildman–Crippen LogP) is 5.56. The number of carbonyl (C=O) groups is 1. The minimum absolute atomic E-state index is 0.125. The summed E-state index contributed by atoms with van der Waals surface area (Å²) in [6.07, 6.45) is 7.75. The number of carbonyl (C=O) groups excluding carboxylic acids is 1. The standard InChI is InChI=1S/C21H25ClN2O2S/c22-17-10-8-15(9-11-17)19-14-27-21(23-19)24(13-18-7-4-12-26-18)20(25)16-5-2-1-3-6-16/h8-11,14,16,18H,1-7,12-13H2/t18-/m1/s1. The fraction of sp³-hybridized carbons (Fsp3) is 0.524. The van der Waals surface area contributed by atoms with Crippen molar-refractivity contribution >= 4 is 34.0 Å². The Morgan fingerprint density at radius 3 is 2.63 bits per heavy atom. The second kappa shape index (κ2) is 8.72. The van der Waals surface area contributed by atoms with Crippen LogP contribution < -0.4 is 4.90 Å². The molecule has 1 amide bonds. The van der Waals surface area contributed by atoms with Crippen LogP contribution in [0.2, 0.25) is 5.02 Å². The van der Waals surface area contributed by atoms with Crippen LogP contribution in [-0.2, 0) is 9.53 Å². The van der Waals surface area contributed by atoms with Crippen molar-refractivity contribution in [3.8, 4) is 11.3 Å². The summed E-state index contributed by atoms with van der Waals surface area (Å²) in [4.78, 5) is 20.0. The van der Waals surface area contributed by atoms with Gasteiger partial charge in [0.25, 0.3) is 0 Å². The second-order valence-electron chi connectivity index (χ2n) is 7.44. The van der Waals surface area contributed by atoms with Gasteiger partial charge in [0.2, 0.25) is 5.91 Å². The minimum atomic E-state index is 0.125. The summed E-state index contributed by atoms with van der Waals surface area (Å²) in [7, 11) is 0. The molecule has 2 heterocycles. The molecule has 6 heteroatoms. The monoisotopic (exact) mass is 404 g/mol. The van der Waals surface area contributed by atoms with Crippen molar-refractivity contribution in [1.29, 1.82) is 0 Å². The summed E-state index contributed by atoms with van der Waals surface area (Å²) >= 11 is 7.53. The van der Waals surface area contributed by atoms with Gasteiger partial charge >= 0.3 is 0 Å². The van der Waals surface area contributed by atoms with Gasteiger partial charge in [0.05, 0.1) is 18.3 Å². The Balaban J connectivity index is 1.57. The van der Waals surface area contributed by atoms with Gasteiger partial charge in [-0.15, -0.1) is 11.3 Å². The number of nitrogens with zero attached hydrogens (tertiary/aromatic N) is 2. The van der Waals surface area contributed by atoms with E-state index in [4.69, 9.17) is 21.3 Å². The molecule has 2 fully saturated rings. The van der Waals surface area contributed by atoms with Crippen LogP contribution >= 0.6 is 22.9 Å². The maximum absolute atomic E-state index is 13.3. The van der Waals surface area contributed by atoms with E-state index in [0.29, 0.717) is 11.6 Å². The largest absolute Gasteiger partial charge is 0.376 e. The van der Waals surface area contributed by atoms with Crippen LogP contribution in [0.15, 0.2) is 29.6 Å². The summed E-state index contributed by atoms with van der Waals surface area (Å²) < 4.78 is 5.82. The lowest BCUT2D eigenvalue weighted by Gasteiger charge is -2.29. The molecule has 27 heavy (non-hydrogen) atoms. The normalized spacial score (nSPS) is 20.7. The molecule has 1 aromatic carbocycles. The zero-order chi connectivity index (χ0) is 18.6. The van der Waals surface area contributed by atoms with Crippen LogP contribution in [0.5, 0.6) is 0 Å². The number of benzene rings is 1. The average molecular weight is 405 g/mol. The van der Waals surface area contributed by atoms with E-state index in [1.165, 1.54) is 17.8 Å². The molecular weight excluding hydrogens is 380 g/mol. The van der Waals surface area contributed by atoms with Gasteiger partial charge in [-0.25, -0.2) is 4.98 Å². The molecule has 1 saturated carbocycles. The van der Waals surface area contributed by atoms with E-state index in [-0.39, 0.29) is 17.9 Å². The third kappa shape index (κ3) is 4.53. The Bertz CT molecular complexity index is 765. The number of thiazole rings is 1. The Labute approximate surface area is 169 Å². The van der Waals surface area contributed by atoms with Gasteiger partial charge in [0.1, 0.15) is 0 Å². The average Bonchev–Trinajstić information content (AvgIpc) is 3.39. The van der Waals surface area contributed by atoms with Crippen molar-refractivity contribution in [2.45, 2.75) is 51.0 Å². The van der Waals surface area contributed by atoms with Gasteiger partial charge in [0, 0.05) is 28.5 Å². The van der Waals surface area contributed by atoms with Crippen LogP contribution in [0.1, 0.15) is 44.9 Å². The van der Waals surface area contributed by atoms with Crippen molar-refractivity contribution in [2.24, 2.45) is 5.92 Å². The summed E-state index contributed by atoms with van der Waals surface area (Å²) in [6, 6.07) is 7.67. The van der Waals surface area contributed by atoms with E-state index in [0.717, 1.165) is 61.5 Å². The lowest BCUT2D eigenvalue weighted by atomic mass is 9.88. The number of aromatic nitrogens is 1. The van der Waals surface area contributed by atoms with Crippen LogP contribution in [0.3, 0.4) is 0 Å². The van der Waals surface area contributed by atoms with Gasteiger partial charge in [-0.2, -0.15) is 0 Å². The van der Waals surface area contributed by atoms with Crippen LogP contribution in [-0.4, -0.2) is 30.1 Å². The highest BCUT2D eigenvalue weighted by Crippen LogP contribution is 2.33. The van der Waals surface area contributed by atoms with Crippen molar-refractivity contribution in [1.82, 2.24) is 4.98 Å². The van der Waals surface area contributed by atoms with Crippen molar-refractivity contribution < 1.29 is 9.53 Å². The first kappa shape index (κ1) is 18.9. The molecule has 144 valence electrons. The minimum Gasteiger partial charge on any atom is -0.376 e. The number of hydrogen-bond acceptors (Lipinski definition) is 4. The van der Waals surface area contributed by atoms with Crippen molar-refractivity contribution in [3.63, 3.8) is 0 Å². The first-order valence-corrected chi connectivity index (χ1v) is 11.1. The molecule has 0 unspecified atom stereocenters. The lowest BCUT2D eigenvalue weighted by molar-refractivity contribution is -0.123. The van der Waals surface area contributed by atoms with Gasteiger partial charge in [-0.3, -0.25) is 9.69 Å². The van der Waals surface area contributed by atoms with E-state index < -0.39 is 0 Å². The topological polar surface area (TPSA) is 42.4 Å². The van der Waals surface area contributed by atoms with Crippen molar-refractivity contribution in [2.75, 3.05) is 18.1 Å². The fourth-order valence-corrected chi connectivity index (χ4v) is 4.94. The Kier molecular flexibility index (Phi) is 6.11. The van der Waals surface area contributed by atoms with Gasteiger partial charge in [0.15, 0.2) is 5.13 Å². The molecular formula is C21H25ClN2O2S. The van der Waals surface area contributed by atoms with E-state index in [2.05, 4.69) is 0 Å². The van der Waals surface area contributed by atoms with Crippen LogP contribution in [0.4, 0.5) is 5.13 Å². The number of halogens is 1. The number of amides is 1. The second-order valence-corrected chi connectivity index (χ2v) is 8.71. The smallest absolute Gasteiger partial charge is 0.231 e. The van der Waals surface area contributed by atoms with Gasteiger partial charge < -0.3 is 4.74 Å². The molecule has 4 rings (SSSR count). The SMILES string of the molecule is O=C(C1CCCCC1)N(C[C@H]1CCCO1)c1nc(-c2ccc(Cl)cc2)cs1. The predicted molar refractivity (Wildman–Crippen MR) is 110 cm³/mol. The summed E-state index contributed by atoms with van der Waals surface area (Å²) in [6.45, 7) is 1.41. The third-order valence-corrected chi connectivity index (χ3v) is 6.61. The highest BCUT2D eigenvalue weighted by Gasteiger charge is 2.31. The van der Waals surface area contributed by atoms with E-state index in [1.54, 1.807) is 0 Å². The van der Waals surface area contributed by atoms with E-state index in [9.17, 15) is 4.79 Å². The first-order valence-electron chi connectivity index (χ1n) is 9.85. The third-order valence-electron chi connectivity index (χ3n) is 5.49. The summed E-state index contributed by atoms with van der Waals surface area (Å²) in [5, 5.41) is 3.52. The number of rotatable bonds is 5. The van der Waals surface area contributed by atoms with E-state index in [1.807, 2.05) is 34.5 Å². The Morgan fingerprint density at radius 1 is 1.15 bits per heavy atom. The molecule has 0 bridgehead atoms. The molecule has 1 saturated heterocycles. The molecule has 1 atom stereocenters. The van der Waals surface area contributed by atoms with Gasteiger partial charge in [-0.05, 0) is 37.8 Å². The number of hydrogen-bond donors (Lipinski definition) is 0. The van der Waals surface area contributed by atoms with E-state index >= 15 is 0 Å². The van der Waals surface area contributed by atoms with Crippen LogP contribution in [0.25, 0.3) is 11.3 Å². The molecule has 0 N–H and O–H groups in total. The summed E-state index contributed by atoms with van der Waals surface area (Å²) in [5.74, 6) is 0.352. The number of anilines is 1. The lowest BCUT2D eigenvalue weighted by Crippen LogP contribution is -2.41. The van der Waals surface area contributed by atoms with Crippen LogP contribution in [0, 0.1) is 5.92 Å². The molecule has 2 aromatic rings. The Morgan fingerprint density at radius 2 is 1.93 bits per heavy atom. The molecule has 1 aromatic heterocycles. The molecule has 2 aliphatic rings. The highest BCUT2D eigenvalue weighted by atomic mass is 35.5. The zero-order valence-corrected chi connectivity index (χ0v) is 17.0. The Hall–Kier alpha value is -1.43. The molecule has 4 nitrogen and oxygen atoms in total. The first-order chi connectivity index (χ1) is 13.2. The molecule has 1 aliphatic heterocycles. The quantitative estimate of drug-likeness (QED) is 0.655. The fourth-order valence-electron chi connectivity index (χ4n) is 3.97. The molecule has 0 spiro atoms. The number of ether oxygens (including phenoxy) is 1. The zero-order valence-electron chi connectivity index (χ0n) is 15.4.